The molecule has 2 saturated heterocycles. The molecular weight excluding hydrogens is 376 g/mol. The number of rotatable bonds is 4. The van der Waals surface area contributed by atoms with E-state index >= 15 is 0 Å². The maximum absolute atomic E-state index is 12.9. The molecule has 2 heterocycles. The zero-order valence-corrected chi connectivity index (χ0v) is 18.3. The monoisotopic (exact) mass is 412 g/mol. The molecular formula is C24H36N4O2. The molecule has 1 saturated carbocycles. The molecule has 1 aromatic carbocycles. The van der Waals surface area contributed by atoms with E-state index in [2.05, 4.69) is 15.5 Å². The van der Waals surface area contributed by atoms with Crippen LogP contribution in [-0.4, -0.2) is 60.0 Å². The van der Waals surface area contributed by atoms with Crippen molar-refractivity contribution in [3.63, 3.8) is 0 Å². The topological polar surface area (TPSA) is 64.7 Å². The van der Waals surface area contributed by atoms with Gasteiger partial charge in [0.15, 0.2) is 0 Å². The third kappa shape index (κ3) is 5.15. The number of nitrogens with one attached hydrogen (secondary N) is 2. The Hall–Kier alpha value is -2.08. The van der Waals surface area contributed by atoms with Crippen LogP contribution < -0.4 is 10.6 Å². The predicted octanol–water partition coefficient (Wildman–Crippen LogP) is 4.15. The van der Waals surface area contributed by atoms with Crippen LogP contribution in [0.2, 0.25) is 0 Å². The van der Waals surface area contributed by atoms with Gasteiger partial charge in [-0.15, -0.1) is 0 Å². The van der Waals surface area contributed by atoms with Crippen LogP contribution in [0.5, 0.6) is 0 Å². The van der Waals surface area contributed by atoms with E-state index in [0.717, 1.165) is 43.6 Å². The summed E-state index contributed by atoms with van der Waals surface area (Å²) in [6.07, 6.45) is 10.6. The first-order valence-corrected chi connectivity index (χ1v) is 11.8. The van der Waals surface area contributed by atoms with Crippen molar-refractivity contribution in [2.24, 2.45) is 0 Å². The van der Waals surface area contributed by atoms with Crippen molar-refractivity contribution >= 4 is 17.6 Å². The van der Waals surface area contributed by atoms with Gasteiger partial charge in [-0.25, -0.2) is 4.79 Å². The number of benzene rings is 1. The summed E-state index contributed by atoms with van der Waals surface area (Å²) in [4.78, 5) is 30.0. The van der Waals surface area contributed by atoms with E-state index in [1.807, 2.05) is 30.0 Å². The van der Waals surface area contributed by atoms with Crippen molar-refractivity contribution in [1.29, 1.82) is 0 Å². The predicted molar refractivity (Wildman–Crippen MR) is 120 cm³/mol. The summed E-state index contributed by atoms with van der Waals surface area (Å²) in [7, 11) is 0. The Morgan fingerprint density at radius 2 is 1.70 bits per heavy atom. The van der Waals surface area contributed by atoms with Gasteiger partial charge in [0.2, 0.25) is 0 Å². The molecule has 6 heteroatoms. The molecule has 0 unspecified atom stereocenters. The lowest BCUT2D eigenvalue weighted by Crippen LogP contribution is -2.50. The molecule has 164 valence electrons. The number of carbonyl (C=O) groups is 2. The Morgan fingerprint density at radius 1 is 0.933 bits per heavy atom. The van der Waals surface area contributed by atoms with Crippen LogP contribution in [0, 0.1) is 6.92 Å². The molecule has 0 spiro atoms. The van der Waals surface area contributed by atoms with Crippen LogP contribution >= 0.6 is 0 Å². The van der Waals surface area contributed by atoms with Gasteiger partial charge >= 0.3 is 6.03 Å². The fraction of sp³-hybridized carbons (Fsp3) is 0.667. The minimum Gasteiger partial charge on any atom is -0.349 e. The van der Waals surface area contributed by atoms with E-state index in [4.69, 9.17) is 0 Å². The second-order valence-electron chi connectivity index (χ2n) is 9.25. The highest BCUT2D eigenvalue weighted by Gasteiger charge is 2.29. The summed E-state index contributed by atoms with van der Waals surface area (Å²) in [5, 5.41) is 6.24. The van der Waals surface area contributed by atoms with Crippen molar-refractivity contribution in [3.8, 4) is 0 Å². The molecule has 6 nitrogen and oxygen atoms in total. The average Bonchev–Trinajstić information content (AvgIpc) is 3.31. The third-order valence-corrected chi connectivity index (χ3v) is 7.01. The second-order valence-corrected chi connectivity index (χ2v) is 9.25. The van der Waals surface area contributed by atoms with E-state index in [1.165, 1.54) is 51.6 Å². The molecule has 0 radical (unpaired) electrons. The summed E-state index contributed by atoms with van der Waals surface area (Å²) in [6, 6.07) is 6.35. The first kappa shape index (κ1) is 21.2. The Bertz CT molecular complexity index is 754. The largest absolute Gasteiger partial charge is 0.349 e. The van der Waals surface area contributed by atoms with Crippen LogP contribution in [0.1, 0.15) is 73.7 Å². The lowest BCUT2D eigenvalue weighted by molar-refractivity contribution is 0.0927. The van der Waals surface area contributed by atoms with Crippen LogP contribution in [-0.2, 0) is 0 Å². The van der Waals surface area contributed by atoms with Gasteiger partial charge in [0.25, 0.3) is 5.91 Å². The number of hydrogen-bond acceptors (Lipinski definition) is 3. The highest BCUT2D eigenvalue weighted by Crippen LogP contribution is 2.23. The molecule has 1 atom stereocenters. The van der Waals surface area contributed by atoms with Crippen molar-refractivity contribution in [1.82, 2.24) is 15.1 Å². The highest BCUT2D eigenvalue weighted by molar-refractivity contribution is 5.96. The van der Waals surface area contributed by atoms with Crippen molar-refractivity contribution in [3.05, 3.63) is 29.3 Å². The number of piperidine rings is 1. The van der Waals surface area contributed by atoms with Crippen molar-refractivity contribution in [2.45, 2.75) is 76.8 Å². The van der Waals surface area contributed by atoms with Gasteiger partial charge < -0.3 is 15.5 Å². The molecule has 0 aromatic heterocycles. The Balaban J connectivity index is 1.33. The lowest BCUT2D eigenvalue weighted by Gasteiger charge is -2.37. The summed E-state index contributed by atoms with van der Waals surface area (Å²) in [6.45, 7) is 5.92. The number of carbonyl (C=O) groups excluding carboxylic acids is 2. The first-order valence-electron chi connectivity index (χ1n) is 11.8. The molecule has 1 aromatic rings. The fourth-order valence-corrected chi connectivity index (χ4v) is 5.20. The van der Waals surface area contributed by atoms with Gasteiger partial charge in [-0.2, -0.15) is 0 Å². The second kappa shape index (κ2) is 9.82. The van der Waals surface area contributed by atoms with E-state index in [0.29, 0.717) is 17.6 Å². The number of anilines is 1. The minimum atomic E-state index is -0.0265. The zero-order chi connectivity index (χ0) is 20.9. The number of aryl methyl sites for hydroxylation is 1. The van der Waals surface area contributed by atoms with E-state index in [-0.39, 0.29) is 11.9 Å². The number of likely N-dealkylation sites (tertiary alicyclic amines) is 2. The molecule has 3 fully saturated rings. The maximum Gasteiger partial charge on any atom is 0.321 e. The summed E-state index contributed by atoms with van der Waals surface area (Å²) < 4.78 is 0. The summed E-state index contributed by atoms with van der Waals surface area (Å²) in [5.74, 6) is -0.00707. The minimum absolute atomic E-state index is 0.00707. The van der Waals surface area contributed by atoms with Gasteiger partial charge in [0.1, 0.15) is 0 Å². The molecule has 2 N–H and O–H groups in total. The standard InChI is InChI=1S/C24H36N4O2/c1-18-16-19(23(29)25-20-8-3-2-4-9-20)11-12-22(18)26-24(30)28-15-7-10-21(17-28)27-13-5-6-14-27/h11-12,16,20-21H,2-10,13-15,17H2,1H3,(H,25,29)(H,26,30)/t21-/m1/s1. The summed E-state index contributed by atoms with van der Waals surface area (Å²) in [5.41, 5.74) is 2.38. The fourth-order valence-electron chi connectivity index (χ4n) is 5.20. The SMILES string of the molecule is Cc1cc(C(=O)NC2CCCCC2)ccc1NC(=O)N1CCC[C@@H](N2CCCC2)C1. The van der Waals surface area contributed by atoms with Crippen LogP contribution in [0.15, 0.2) is 18.2 Å². The Morgan fingerprint density at radius 3 is 2.43 bits per heavy atom. The normalized spacial score (nSPS) is 23.4. The Kier molecular flexibility index (Phi) is 6.93. The van der Waals surface area contributed by atoms with Gasteiger partial charge in [-0.05, 0) is 82.3 Å². The van der Waals surface area contributed by atoms with Crippen LogP contribution in [0.25, 0.3) is 0 Å². The molecule has 2 aliphatic heterocycles. The van der Waals surface area contributed by atoms with Crippen LogP contribution in [0.3, 0.4) is 0 Å². The highest BCUT2D eigenvalue weighted by atomic mass is 16.2. The van der Waals surface area contributed by atoms with E-state index < -0.39 is 0 Å². The zero-order valence-electron chi connectivity index (χ0n) is 18.3. The number of urea groups is 1. The lowest BCUT2D eigenvalue weighted by atomic mass is 9.95. The van der Waals surface area contributed by atoms with Gasteiger partial charge in [0, 0.05) is 36.4 Å². The summed E-state index contributed by atoms with van der Waals surface area (Å²) >= 11 is 0. The number of amides is 3. The number of nitrogens with zero attached hydrogens (tertiary/aromatic N) is 2. The van der Waals surface area contributed by atoms with Gasteiger partial charge in [-0.1, -0.05) is 19.3 Å². The smallest absolute Gasteiger partial charge is 0.321 e. The molecule has 1 aliphatic carbocycles. The number of hydrogen-bond donors (Lipinski definition) is 2. The molecule has 3 aliphatic rings. The molecule has 0 bridgehead atoms. The van der Waals surface area contributed by atoms with Crippen molar-refractivity contribution in [2.75, 3.05) is 31.5 Å². The maximum atomic E-state index is 12.9. The first-order chi connectivity index (χ1) is 14.6. The quantitative estimate of drug-likeness (QED) is 0.781. The van der Waals surface area contributed by atoms with E-state index in [9.17, 15) is 9.59 Å². The van der Waals surface area contributed by atoms with Crippen molar-refractivity contribution < 1.29 is 9.59 Å². The van der Waals surface area contributed by atoms with Gasteiger partial charge in [0.05, 0.1) is 0 Å². The molecule has 4 rings (SSSR count). The Labute approximate surface area is 180 Å². The third-order valence-electron chi connectivity index (χ3n) is 7.01. The van der Waals surface area contributed by atoms with Gasteiger partial charge in [-0.3, -0.25) is 9.69 Å². The van der Waals surface area contributed by atoms with Crippen LogP contribution in [0.4, 0.5) is 10.5 Å². The molecule has 3 amide bonds. The van der Waals surface area contributed by atoms with E-state index in [1.54, 1.807) is 0 Å². The average molecular weight is 413 g/mol. The molecule has 30 heavy (non-hydrogen) atoms.